The summed E-state index contributed by atoms with van der Waals surface area (Å²) in [6, 6.07) is 11.6. The Morgan fingerprint density at radius 2 is 1.94 bits per heavy atom. The summed E-state index contributed by atoms with van der Waals surface area (Å²) in [6.45, 7) is 0.132. The Balaban J connectivity index is 1.79. The summed E-state index contributed by atoms with van der Waals surface area (Å²) in [5, 5.41) is 5.06. The Labute approximate surface area is 203 Å². The number of furan rings is 1. The van der Waals surface area contributed by atoms with Crippen molar-refractivity contribution in [2.45, 2.75) is 50.7 Å². The van der Waals surface area contributed by atoms with Crippen LogP contribution < -0.4 is 14.8 Å². The lowest BCUT2D eigenvalue weighted by atomic mass is 9.94. The zero-order valence-electron chi connectivity index (χ0n) is 19.5. The highest BCUT2D eigenvalue weighted by Crippen LogP contribution is 2.36. The number of amides is 2. The van der Waals surface area contributed by atoms with Gasteiger partial charge in [-0.05, 0) is 54.6 Å². The number of rotatable bonds is 9. The van der Waals surface area contributed by atoms with E-state index in [9.17, 15) is 9.59 Å². The van der Waals surface area contributed by atoms with Crippen molar-refractivity contribution in [3.05, 3.63) is 70.3 Å². The van der Waals surface area contributed by atoms with Gasteiger partial charge in [0.25, 0.3) is 5.91 Å². The molecule has 1 aliphatic rings. The van der Waals surface area contributed by atoms with Gasteiger partial charge in [0.1, 0.15) is 23.3 Å². The summed E-state index contributed by atoms with van der Waals surface area (Å²) in [5.41, 5.74) is 0.562. The Kier molecular flexibility index (Phi) is 7.90. The molecule has 2 heterocycles. The van der Waals surface area contributed by atoms with Crippen LogP contribution in [0.4, 0.5) is 0 Å². The van der Waals surface area contributed by atoms with Gasteiger partial charge in [0.15, 0.2) is 0 Å². The van der Waals surface area contributed by atoms with Crippen LogP contribution in [0.25, 0.3) is 0 Å². The molecule has 1 fully saturated rings. The first-order valence-corrected chi connectivity index (χ1v) is 12.4. The summed E-state index contributed by atoms with van der Waals surface area (Å²) >= 11 is 1.34. The molecule has 1 aromatic carbocycles. The number of hydrogen-bond acceptors (Lipinski definition) is 6. The monoisotopic (exact) mass is 482 g/mol. The maximum Gasteiger partial charge on any atom is 0.265 e. The first-order chi connectivity index (χ1) is 16.6. The molecule has 0 saturated heterocycles. The molecule has 0 spiro atoms. The third-order valence-electron chi connectivity index (χ3n) is 6.14. The molecule has 0 bridgehead atoms. The van der Waals surface area contributed by atoms with Crippen molar-refractivity contribution in [1.29, 1.82) is 0 Å². The van der Waals surface area contributed by atoms with Gasteiger partial charge in [0, 0.05) is 11.6 Å². The SMILES string of the molecule is COc1ccc(OC)c([C@H](C(=O)NC2CCCCC2)N(Cc2ccco2)C(=O)c2cccs2)c1. The highest BCUT2D eigenvalue weighted by molar-refractivity contribution is 7.12. The molecule has 1 N–H and O–H groups in total. The van der Waals surface area contributed by atoms with Crippen LogP contribution in [0.3, 0.4) is 0 Å². The normalized spacial score (nSPS) is 14.9. The summed E-state index contributed by atoms with van der Waals surface area (Å²) in [5.74, 6) is 1.18. The van der Waals surface area contributed by atoms with Crippen LogP contribution >= 0.6 is 11.3 Å². The molecular weight excluding hydrogens is 452 g/mol. The molecule has 0 aliphatic heterocycles. The van der Waals surface area contributed by atoms with Crippen molar-refractivity contribution in [1.82, 2.24) is 10.2 Å². The van der Waals surface area contributed by atoms with Crippen LogP contribution in [0.15, 0.2) is 58.5 Å². The molecule has 8 heteroatoms. The molecule has 7 nitrogen and oxygen atoms in total. The van der Waals surface area contributed by atoms with E-state index in [0.29, 0.717) is 27.7 Å². The lowest BCUT2D eigenvalue weighted by molar-refractivity contribution is -0.127. The van der Waals surface area contributed by atoms with Crippen LogP contribution in [0.2, 0.25) is 0 Å². The highest BCUT2D eigenvalue weighted by Gasteiger charge is 2.36. The van der Waals surface area contributed by atoms with Crippen LogP contribution in [0.1, 0.15) is 59.1 Å². The van der Waals surface area contributed by atoms with Gasteiger partial charge in [-0.15, -0.1) is 11.3 Å². The van der Waals surface area contributed by atoms with Crippen molar-refractivity contribution in [2.24, 2.45) is 0 Å². The maximum absolute atomic E-state index is 13.9. The average Bonchev–Trinajstić information content (AvgIpc) is 3.58. The van der Waals surface area contributed by atoms with E-state index in [-0.39, 0.29) is 24.4 Å². The van der Waals surface area contributed by atoms with Gasteiger partial charge in [0.05, 0.1) is 31.9 Å². The predicted octanol–water partition coefficient (Wildman–Crippen LogP) is 5.19. The highest BCUT2D eigenvalue weighted by atomic mass is 32.1. The van der Waals surface area contributed by atoms with Gasteiger partial charge in [-0.1, -0.05) is 25.3 Å². The minimum Gasteiger partial charge on any atom is -0.497 e. The summed E-state index contributed by atoms with van der Waals surface area (Å²) in [4.78, 5) is 29.7. The maximum atomic E-state index is 13.9. The minimum absolute atomic E-state index is 0.0858. The average molecular weight is 483 g/mol. The molecule has 180 valence electrons. The standard InChI is InChI=1S/C26H30N2O5S/c1-31-19-12-13-22(32-2)21(16-19)24(25(29)27-18-8-4-3-5-9-18)28(17-20-10-6-14-33-20)26(30)23-11-7-15-34-23/h6-7,10-16,18,24H,3-5,8-9,17H2,1-2H3,(H,27,29)/t24-/m1/s1. The van der Waals surface area contributed by atoms with E-state index in [1.54, 1.807) is 61.8 Å². The molecule has 4 rings (SSSR count). The van der Waals surface area contributed by atoms with E-state index in [1.165, 1.54) is 17.8 Å². The van der Waals surface area contributed by atoms with Gasteiger partial charge in [-0.2, -0.15) is 0 Å². The van der Waals surface area contributed by atoms with Gasteiger partial charge >= 0.3 is 0 Å². The lowest BCUT2D eigenvalue weighted by Crippen LogP contribution is -2.46. The zero-order chi connectivity index (χ0) is 23.9. The number of nitrogens with zero attached hydrogens (tertiary/aromatic N) is 1. The molecule has 0 unspecified atom stereocenters. The van der Waals surface area contributed by atoms with E-state index >= 15 is 0 Å². The number of carbonyl (C=O) groups excluding carboxylic acids is 2. The second kappa shape index (κ2) is 11.2. The van der Waals surface area contributed by atoms with E-state index in [2.05, 4.69) is 5.32 Å². The number of methoxy groups -OCH3 is 2. The summed E-state index contributed by atoms with van der Waals surface area (Å²) in [6.07, 6.45) is 6.79. The second-order valence-corrected chi connectivity index (χ2v) is 9.29. The van der Waals surface area contributed by atoms with E-state index < -0.39 is 6.04 Å². The van der Waals surface area contributed by atoms with Crippen molar-refractivity contribution in [3.63, 3.8) is 0 Å². The fourth-order valence-electron chi connectivity index (χ4n) is 4.42. The molecule has 1 atom stereocenters. The van der Waals surface area contributed by atoms with Crippen molar-refractivity contribution >= 4 is 23.2 Å². The third kappa shape index (κ3) is 5.44. The number of hydrogen-bond donors (Lipinski definition) is 1. The van der Waals surface area contributed by atoms with Crippen molar-refractivity contribution in [3.8, 4) is 11.5 Å². The van der Waals surface area contributed by atoms with Gasteiger partial charge in [-0.25, -0.2) is 0 Å². The second-order valence-electron chi connectivity index (χ2n) is 8.34. The van der Waals surface area contributed by atoms with Crippen LogP contribution in [0, 0.1) is 0 Å². The Morgan fingerprint density at radius 1 is 1.12 bits per heavy atom. The molecule has 2 aromatic heterocycles. The molecule has 34 heavy (non-hydrogen) atoms. The van der Waals surface area contributed by atoms with Crippen LogP contribution in [-0.4, -0.2) is 37.0 Å². The van der Waals surface area contributed by atoms with Crippen LogP contribution in [-0.2, 0) is 11.3 Å². The number of ether oxygens (including phenoxy) is 2. The molecule has 0 radical (unpaired) electrons. The first kappa shape index (κ1) is 23.9. The quantitative estimate of drug-likeness (QED) is 0.454. The lowest BCUT2D eigenvalue weighted by Gasteiger charge is -2.33. The number of carbonyl (C=O) groups is 2. The topological polar surface area (TPSA) is 81.0 Å². The zero-order valence-corrected chi connectivity index (χ0v) is 20.3. The van der Waals surface area contributed by atoms with Crippen molar-refractivity contribution < 1.29 is 23.5 Å². The van der Waals surface area contributed by atoms with Gasteiger partial charge in [0.2, 0.25) is 5.91 Å². The largest absolute Gasteiger partial charge is 0.497 e. The Morgan fingerprint density at radius 3 is 2.59 bits per heavy atom. The number of benzene rings is 1. The van der Waals surface area contributed by atoms with Gasteiger partial charge < -0.3 is 24.1 Å². The van der Waals surface area contributed by atoms with Gasteiger partial charge in [-0.3, -0.25) is 9.59 Å². The van der Waals surface area contributed by atoms with E-state index in [0.717, 1.165) is 25.7 Å². The number of thiophene rings is 1. The fraction of sp³-hybridized carbons (Fsp3) is 0.385. The molecule has 2 amide bonds. The molecule has 1 aliphatic carbocycles. The smallest absolute Gasteiger partial charge is 0.265 e. The summed E-state index contributed by atoms with van der Waals surface area (Å²) in [7, 11) is 3.12. The fourth-order valence-corrected chi connectivity index (χ4v) is 5.10. The van der Waals surface area contributed by atoms with Crippen LogP contribution in [0.5, 0.6) is 11.5 Å². The Hall–Kier alpha value is -3.26. The molecule has 1 saturated carbocycles. The molecular formula is C26H30N2O5S. The number of nitrogens with one attached hydrogen (secondary N) is 1. The Bertz CT molecular complexity index is 1070. The van der Waals surface area contributed by atoms with E-state index in [4.69, 9.17) is 13.9 Å². The predicted molar refractivity (Wildman–Crippen MR) is 130 cm³/mol. The third-order valence-corrected chi connectivity index (χ3v) is 7.00. The van der Waals surface area contributed by atoms with E-state index in [1.807, 2.05) is 11.4 Å². The first-order valence-electron chi connectivity index (χ1n) is 11.5. The minimum atomic E-state index is -0.938. The summed E-state index contributed by atoms with van der Waals surface area (Å²) < 4.78 is 16.6. The van der Waals surface area contributed by atoms with Crippen molar-refractivity contribution in [2.75, 3.05) is 14.2 Å². The molecule has 3 aromatic rings.